The molecular formula is C9H13N3O. The fourth-order valence-electron chi connectivity index (χ4n) is 1.79. The Labute approximate surface area is 76.7 Å². The first kappa shape index (κ1) is 8.44. The minimum atomic E-state index is 0.0851. The summed E-state index contributed by atoms with van der Waals surface area (Å²) in [6, 6.07) is 0. The van der Waals surface area contributed by atoms with Gasteiger partial charge in [0.05, 0.1) is 6.54 Å². The standard InChI is InChI=1S/C9H13N3O/c1-10-5-8(13)9-6-3-2-4-7(6)11-12-9/h10H,2-5H2,1H3,(H,11,12). The van der Waals surface area contributed by atoms with Gasteiger partial charge >= 0.3 is 0 Å². The topological polar surface area (TPSA) is 57.8 Å². The number of aryl methyl sites for hydroxylation is 1. The molecule has 1 aromatic heterocycles. The lowest BCUT2D eigenvalue weighted by atomic mass is 10.1. The van der Waals surface area contributed by atoms with Crippen molar-refractivity contribution in [3.63, 3.8) is 0 Å². The molecule has 1 aromatic rings. The van der Waals surface area contributed by atoms with Crippen molar-refractivity contribution in [2.24, 2.45) is 0 Å². The highest BCUT2D eigenvalue weighted by Crippen LogP contribution is 2.22. The molecule has 0 spiro atoms. The second kappa shape index (κ2) is 3.30. The first-order valence-corrected chi connectivity index (χ1v) is 4.57. The van der Waals surface area contributed by atoms with Crippen LogP contribution in [-0.2, 0) is 12.8 Å². The van der Waals surface area contributed by atoms with Gasteiger partial charge < -0.3 is 5.32 Å². The predicted octanol–water partition coefficient (Wildman–Crippen LogP) is 0.300. The number of carbonyl (C=O) groups is 1. The molecule has 0 aromatic carbocycles. The molecule has 1 heterocycles. The third-order valence-electron chi connectivity index (χ3n) is 2.41. The van der Waals surface area contributed by atoms with Gasteiger partial charge in [-0.1, -0.05) is 0 Å². The first-order valence-electron chi connectivity index (χ1n) is 4.57. The Bertz CT molecular complexity index is 330. The van der Waals surface area contributed by atoms with Crippen LogP contribution >= 0.6 is 0 Å². The van der Waals surface area contributed by atoms with E-state index in [0.717, 1.165) is 30.5 Å². The lowest BCUT2D eigenvalue weighted by molar-refractivity contribution is 0.0988. The highest BCUT2D eigenvalue weighted by molar-refractivity contribution is 5.97. The summed E-state index contributed by atoms with van der Waals surface area (Å²) in [5.41, 5.74) is 2.93. The van der Waals surface area contributed by atoms with Crippen molar-refractivity contribution >= 4 is 5.78 Å². The van der Waals surface area contributed by atoms with Gasteiger partial charge in [0.1, 0.15) is 5.69 Å². The molecule has 0 bridgehead atoms. The van der Waals surface area contributed by atoms with Crippen LogP contribution in [0.3, 0.4) is 0 Å². The molecule has 0 saturated carbocycles. The number of fused-ring (bicyclic) bond motifs is 1. The molecule has 0 amide bonds. The van der Waals surface area contributed by atoms with Gasteiger partial charge in [-0.3, -0.25) is 9.89 Å². The van der Waals surface area contributed by atoms with Gasteiger partial charge in [0.2, 0.25) is 0 Å². The van der Waals surface area contributed by atoms with Crippen molar-refractivity contribution < 1.29 is 4.79 Å². The number of aromatic amines is 1. The smallest absolute Gasteiger partial charge is 0.197 e. The highest BCUT2D eigenvalue weighted by Gasteiger charge is 2.21. The van der Waals surface area contributed by atoms with Crippen molar-refractivity contribution in [3.05, 3.63) is 17.0 Å². The maximum atomic E-state index is 11.5. The number of nitrogens with zero attached hydrogens (tertiary/aromatic N) is 1. The average Bonchev–Trinajstić information content (AvgIpc) is 2.62. The van der Waals surface area contributed by atoms with Gasteiger partial charge in [0.15, 0.2) is 5.78 Å². The first-order chi connectivity index (χ1) is 6.33. The molecular weight excluding hydrogens is 166 g/mol. The second-order valence-electron chi connectivity index (χ2n) is 3.34. The van der Waals surface area contributed by atoms with Gasteiger partial charge in [0, 0.05) is 11.3 Å². The molecule has 0 radical (unpaired) electrons. The van der Waals surface area contributed by atoms with Gasteiger partial charge in [-0.15, -0.1) is 0 Å². The van der Waals surface area contributed by atoms with Crippen molar-refractivity contribution in [1.82, 2.24) is 15.5 Å². The number of carbonyl (C=O) groups excluding carboxylic acids is 1. The molecule has 70 valence electrons. The fraction of sp³-hybridized carbons (Fsp3) is 0.556. The summed E-state index contributed by atoms with van der Waals surface area (Å²) in [5, 5.41) is 9.81. The Balaban J connectivity index is 2.26. The van der Waals surface area contributed by atoms with Crippen LogP contribution in [0, 0.1) is 0 Å². The Kier molecular flexibility index (Phi) is 2.14. The number of hydrogen-bond donors (Lipinski definition) is 2. The maximum Gasteiger partial charge on any atom is 0.197 e. The fourth-order valence-corrected chi connectivity index (χ4v) is 1.79. The zero-order valence-electron chi connectivity index (χ0n) is 7.68. The molecule has 2 rings (SSSR count). The van der Waals surface area contributed by atoms with E-state index in [1.54, 1.807) is 7.05 Å². The Hall–Kier alpha value is -1.16. The van der Waals surface area contributed by atoms with E-state index in [-0.39, 0.29) is 5.78 Å². The minimum absolute atomic E-state index is 0.0851. The molecule has 1 aliphatic rings. The number of aromatic nitrogens is 2. The van der Waals surface area contributed by atoms with E-state index in [9.17, 15) is 4.79 Å². The molecule has 0 unspecified atom stereocenters. The zero-order chi connectivity index (χ0) is 9.26. The van der Waals surface area contributed by atoms with Gasteiger partial charge in [-0.25, -0.2) is 0 Å². The molecule has 1 aliphatic carbocycles. The minimum Gasteiger partial charge on any atom is -0.313 e. The molecule has 0 atom stereocenters. The predicted molar refractivity (Wildman–Crippen MR) is 48.9 cm³/mol. The van der Waals surface area contributed by atoms with E-state index in [4.69, 9.17) is 0 Å². The second-order valence-corrected chi connectivity index (χ2v) is 3.34. The van der Waals surface area contributed by atoms with E-state index in [0.29, 0.717) is 12.2 Å². The number of rotatable bonds is 3. The maximum absolute atomic E-state index is 11.5. The van der Waals surface area contributed by atoms with E-state index >= 15 is 0 Å². The normalized spacial score (nSPS) is 14.5. The number of ketones is 1. The Morgan fingerprint density at radius 2 is 2.46 bits per heavy atom. The lowest BCUT2D eigenvalue weighted by Crippen LogP contribution is -2.19. The number of nitrogens with one attached hydrogen (secondary N) is 2. The lowest BCUT2D eigenvalue weighted by Gasteiger charge is -1.96. The third-order valence-corrected chi connectivity index (χ3v) is 2.41. The molecule has 4 heteroatoms. The number of likely N-dealkylation sites (N-methyl/N-ethyl adjacent to an activating group) is 1. The van der Waals surface area contributed by atoms with Crippen molar-refractivity contribution in [1.29, 1.82) is 0 Å². The SMILES string of the molecule is CNCC(=O)c1n[nH]c2c1CCC2. The van der Waals surface area contributed by atoms with Gasteiger partial charge in [-0.05, 0) is 26.3 Å². The summed E-state index contributed by atoms with van der Waals surface area (Å²) in [6.45, 7) is 0.372. The van der Waals surface area contributed by atoms with Crippen LogP contribution in [0.4, 0.5) is 0 Å². The number of Topliss-reactive ketones (excluding diaryl/α,β-unsaturated/α-hetero) is 1. The number of hydrogen-bond acceptors (Lipinski definition) is 3. The van der Waals surface area contributed by atoms with Crippen molar-refractivity contribution in [3.8, 4) is 0 Å². The van der Waals surface area contributed by atoms with Gasteiger partial charge in [-0.2, -0.15) is 5.10 Å². The van der Waals surface area contributed by atoms with Crippen LogP contribution in [0.25, 0.3) is 0 Å². The van der Waals surface area contributed by atoms with Crippen LogP contribution in [0.5, 0.6) is 0 Å². The molecule has 2 N–H and O–H groups in total. The summed E-state index contributed by atoms with van der Waals surface area (Å²) < 4.78 is 0. The van der Waals surface area contributed by atoms with Crippen LogP contribution in [0.2, 0.25) is 0 Å². The van der Waals surface area contributed by atoms with Crippen LogP contribution < -0.4 is 5.32 Å². The quantitative estimate of drug-likeness (QED) is 0.656. The van der Waals surface area contributed by atoms with Gasteiger partial charge in [0.25, 0.3) is 0 Å². The molecule has 4 nitrogen and oxygen atoms in total. The van der Waals surface area contributed by atoms with E-state index in [2.05, 4.69) is 15.5 Å². The summed E-state index contributed by atoms with van der Waals surface area (Å²) >= 11 is 0. The summed E-state index contributed by atoms with van der Waals surface area (Å²) in [5.74, 6) is 0.0851. The average molecular weight is 179 g/mol. The van der Waals surface area contributed by atoms with Crippen LogP contribution in [-0.4, -0.2) is 29.6 Å². The largest absolute Gasteiger partial charge is 0.313 e. The zero-order valence-corrected chi connectivity index (χ0v) is 7.68. The van der Waals surface area contributed by atoms with Crippen LogP contribution in [0.1, 0.15) is 28.2 Å². The van der Waals surface area contributed by atoms with Crippen molar-refractivity contribution in [2.45, 2.75) is 19.3 Å². The summed E-state index contributed by atoms with van der Waals surface area (Å²) in [6.07, 6.45) is 3.18. The third kappa shape index (κ3) is 1.37. The Morgan fingerprint density at radius 1 is 1.62 bits per heavy atom. The van der Waals surface area contributed by atoms with Crippen LogP contribution in [0.15, 0.2) is 0 Å². The molecule has 0 aliphatic heterocycles. The Morgan fingerprint density at radius 3 is 3.23 bits per heavy atom. The highest BCUT2D eigenvalue weighted by atomic mass is 16.1. The van der Waals surface area contributed by atoms with E-state index in [1.165, 1.54) is 0 Å². The number of H-pyrrole nitrogens is 1. The summed E-state index contributed by atoms with van der Waals surface area (Å²) in [4.78, 5) is 11.5. The molecule has 13 heavy (non-hydrogen) atoms. The summed E-state index contributed by atoms with van der Waals surface area (Å²) in [7, 11) is 1.77. The molecule has 0 saturated heterocycles. The van der Waals surface area contributed by atoms with Crippen molar-refractivity contribution in [2.75, 3.05) is 13.6 Å². The van der Waals surface area contributed by atoms with E-state index in [1.807, 2.05) is 0 Å². The van der Waals surface area contributed by atoms with E-state index < -0.39 is 0 Å². The monoisotopic (exact) mass is 179 g/mol. The molecule has 0 fully saturated rings.